The molecule has 0 radical (unpaired) electrons. The van der Waals surface area contributed by atoms with Crippen molar-refractivity contribution in [2.75, 3.05) is 33.4 Å². The average molecular weight is 477 g/mol. The van der Waals surface area contributed by atoms with Gasteiger partial charge in [-0.05, 0) is 37.2 Å². The van der Waals surface area contributed by atoms with Crippen LogP contribution in [0.15, 0.2) is 35.3 Å². The lowest BCUT2D eigenvalue weighted by atomic mass is 9.94. The van der Waals surface area contributed by atoms with Gasteiger partial charge in [0.15, 0.2) is 5.96 Å². The van der Waals surface area contributed by atoms with Gasteiger partial charge in [-0.25, -0.2) is 0 Å². The Morgan fingerprint density at radius 1 is 1.19 bits per heavy atom. The van der Waals surface area contributed by atoms with E-state index >= 15 is 0 Å². The molecule has 5 nitrogen and oxygen atoms in total. The fraction of sp³-hybridized carbons (Fsp3) is 0.650. The first kappa shape index (κ1) is 25.1. The monoisotopic (exact) mass is 477 g/mol. The molecule has 0 aliphatic heterocycles. The van der Waals surface area contributed by atoms with Gasteiger partial charge in [-0.3, -0.25) is 4.99 Å². The summed E-state index contributed by atoms with van der Waals surface area (Å²) in [6.45, 7) is 8.88. The number of benzene rings is 1. The highest BCUT2D eigenvalue weighted by atomic mass is 127. The van der Waals surface area contributed by atoms with Crippen molar-refractivity contribution in [2.24, 2.45) is 16.8 Å². The Bertz CT molecular complexity index is 483. The summed E-state index contributed by atoms with van der Waals surface area (Å²) < 4.78 is 5.60. The number of guanidine groups is 1. The molecule has 2 unspecified atom stereocenters. The van der Waals surface area contributed by atoms with Gasteiger partial charge in [0.1, 0.15) is 0 Å². The second kappa shape index (κ2) is 15.2. The summed E-state index contributed by atoms with van der Waals surface area (Å²) in [6.07, 6.45) is 1.86. The number of nitrogens with zero attached hydrogens (tertiary/aromatic N) is 1. The van der Waals surface area contributed by atoms with Crippen LogP contribution in [0.25, 0.3) is 0 Å². The van der Waals surface area contributed by atoms with Crippen molar-refractivity contribution in [3.63, 3.8) is 0 Å². The van der Waals surface area contributed by atoms with Crippen molar-refractivity contribution in [1.29, 1.82) is 0 Å². The Morgan fingerprint density at radius 3 is 2.42 bits per heavy atom. The van der Waals surface area contributed by atoms with Crippen molar-refractivity contribution in [2.45, 2.75) is 39.7 Å². The molecule has 6 heteroatoms. The Labute approximate surface area is 176 Å². The molecule has 0 aromatic heterocycles. The molecule has 2 atom stereocenters. The van der Waals surface area contributed by atoms with Crippen molar-refractivity contribution in [3.8, 4) is 0 Å². The number of halogens is 1. The molecule has 1 aromatic carbocycles. The first-order valence-electron chi connectivity index (χ1n) is 9.31. The van der Waals surface area contributed by atoms with Crippen LogP contribution in [-0.2, 0) is 4.74 Å². The third kappa shape index (κ3) is 10.3. The molecule has 0 heterocycles. The van der Waals surface area contributed by atoms with Gasteiger partial charge in [-0.2, -0.15) is 0 Å². The van der Waals surface area contributed by atoms with Crippen LogP contribution in [0.1, 0.15) is 45.3 Å². The number of nitrogens with one attached hydrogen (secondary N) is 2. The second-order valence-electron chi connectivity index (χ2n) is 6.74. The molecule has 0 bridgehead atoms. The number of rotatable bonds is 11. The zero-order valence-corrected chi connectivity index (χ0v) is 18.9. The summed E-state index contributed by atoms with van der Waals surface area (Å²) in [5.74, 6) is 1.82. The molecule has 0 aliphatic rings. The molecule has 26 heavy (non-hydrogen) atoms. The number of aliphatic hydroxyl groups is 1. The summed E-state index contributed by atoms with van der Waals surface area (Å²) in [6, 6.07) is 10.2. The van der Waals surface area contributed by atoms with E-state index < -0.39 is 0 Å². The number of ether oxygens (including phenoxy) is 1. The van der Waals surface area contributed by atoms with Gasteiger partial charge in [-0.1, -0.05) is 44.2 Å². The van der Waals surface area contributed by atoms with E-state index in [-0.39, 0.29) is 36.7 Å². The zero-order chi connectivity index (χ0) is 18.5. The van der Waals surface area contributed by atoms with Crippen LogP contribution in [0.5, 0.6) is 0 Å². The number of aliphatic imine (C=N–C) groups is 1. The van der Waals surface area contributed by atoms with Crippen LogP contribution in [0.2, 0.25) is 0 Å². The van der Waals surface area contributed by atoms with Crippen molar-refractivity contribution in [3.05, 3.63) is 35.9 Å². The molecule has 0 amide bonds. The number of aliphatic hydroxyl groups excluding tert-OH is 1. The maximum absolute atomic E-state index is 9.26. The highest BCUT2D eigenvalue weighted by molar-refractivity contribution is 14.0. The summed E-state index contributed by atoms with van der Waals surface area (Å²) in [7, 11) is 1.73. The van der Waals surface area contributed by atoms with Crippen LogP contribution in [0.3, 0.4) is 0 Å². The Morgan fingerprint density at radius 2 is 1.88 bits per heavy atom. The summed E-state index contributed by atoms with van der Waals surface area (Å²) >= 11 is 0. The SMILES string of the molecule is CCNC(=NCC(CCO)CC(C)C)NCC(OC)c1ccccc1.I. The van der Waals surface area contributed by atoms with E-state index in [9.17, 15) is 5.11 Å². The second-order valence-corrected chi connectivity index (χ2v) is 6.74. The largest absolute Gasteiger partial charge is 0.396 e. The fourth-order valence-electron chi connectivity index (χ4n) is 2.89. The quantitative estimate of drug-likeness (QED) is 0.259. The van der Waals surface area contributed by atoms with E-state index in [0.29, 0.717) is 18.4 Å². The van der Waals surface area contributed by atoms with E-state index in [1.165, 1.54) is 0 Å². The van der Waals surface area contributed by atoms with Gasteiger partial charge in [0.2, 0.25) is 0 Å². The number of hydrogen-bond acceptors (Lipinski definition) is 3. The summed E-state index contributed by atoms with van der Waals surface area (Å²) in [4.78, 5) is 4.71. The Kier molecular flexibility index (Phi) is 14.7. The van der Waals surface area contributed by atoms with Crippen molar-refractivity contribution < 1.29 is 9.84 Å². The minimum absolute atomic E-state index is 0. The molecule has 0 saturated heterocycles. The van der Waals surface area contributed by atoms with E-state index in [4.69, 9.17) is 9.73 Å². The lowest BCUT2D eigenvalue weighted by molar-refractivity contribution is 0.106. The number of methoxy groups -OCH3 is 1. The summed E-state index contributed by atoms with van der Waals surface area (Å²) in [5.41, 5.74) is 1.14. The van der Waals surface area contributed by atoms with Crippen molar-refractivity contribution >= 4 is 29.9 Å². The molecular weight excluding hydrogens is 441 g/mol. The third-order valence-electron chi connectivity index (χ3n) is 4.10. The minimum atomic E-state index is -0.0195. The van der Waals surface area contributed by atoms with Gasteiger partial charge in [0.25, 0.3) is 0 Å². The predicted octanol–water partition coefficient (Wildman–Crippen LogP) is 3.59. The highest BCUT2D eigenvalue weighted by Crippen LogP contribution is 2.16. The highest BCUT2D eigenvalue weighted by Gasteiger charge is 2.13. The molecule has 0 fully saturated rings. The van der Waals surface area contributed by atoms with Crippen LogP contribution in [-0.4, -0.2) is 44.4 Å². The molecule has 1 rings (SSSR count). The van der Waals surface area contributed by atoms with Crippen LogP contribution in [0.4, 0.5) is 0 Å². The standard InChI is InChI=1S/C20H35N3O2.HI/c1-5-21-20(22-14-17(11-12-24)13-16(2)3)23-15-19(25-4)18-9-7-6-8-10-18;/h6-10,16-17,19,24H,5,11-15H2,1-4H3,(H2,21,22,23);1H. The van der Waals surface area contributed by atoms with E-state index in [1.54, 1.807) is 7.11 Å². The molecule has 3 N–H and O–H groups in total. The van der Waals surface area contributed by atoms with Gasteiger partial charge in [0.05, 0.1) is 6.10 Å². The smallest absolute Gasteiger partial charge is 0.191 e. The average Bonchev–Trinajstić information content (AvgIpc) is 2.60. The first-order valence-corrected chi connectivity index (χ1v) is 9.31. The van der Waals surface area contributed by atoms with Gasteiger partial charge >= 0.3 is 0 Å². The maximum atomic E-state index is 9.26. The number of hydrogen-bond donors (Lipinski definition) is 3. The zero-order valence-electron chi connectivity index (χ0n) is 16.6. The molecule has 0 saturated carbocycles. The normalized spacial score (nSPS) is 13.8. The van der Waals surface area contributed by atoms with Crippen LogP contribution >= 0.6 is 24.0 Å². The Balaban J connectivity index is 0.00000625. The van der Waals surface area contributed by atoms with E-state index in [2.05, 4.69) is 43.5 Å². The van der Waals surface area contributed by atoms with Crippen LogP contribution in [0, 0.1) is 11.8 Å². The van der Waals surface area contributed by atoms with Gasteiger partial charge < -0.3 is 20.5 Å². The third-order valence-corrected chi connectivity index (χ3v) is 4.10. The van der Waals surface area contributed by atoms with Crippen molar-refractivity contribution in [1.82, 2.24) is 10.6 Å². The first-order chi connectivity index (χ1) is 12.1. The van der Waals surface area contributed by atoms with Gasteiger partial charge in [0, 0.05) is 33.4 Å². The predicted molar refractivity (Wildman–Crippen MR) is 120 cm³/mol. The van der Waals surface area contributed by atoms with E-state index in [0.717, 1.165) is 37.5 Å². The lowest BCUT2D eigenvalue weighted by Gasteiger charge is -2.20. The molecule has 1 aromatic rings. The minimum Gasteiger partial charge on any atom is -0.396 e. The molecular formula is C20H36IN3O2. The molecule has 0 aliphatic carbocycles. The van der Waals surface area contributed by atoms with E-state index in [1.807, 2.05) is 18.2 Å². The molecule has 0 spiro atoms. The lowest BCUT2D eigenvalue weighted by Crippen LogP contribution is -2.40. The molecule has 150 valence electrons. The topological polar surface area (TPSA) is 65.9 Å². The maximum Gasteiger partial charge on any atom is 0.191 e. The summed E-state index contributed by atoms with van der Waals surface area (Å²) in [5, 5.41) is 15.9. The fourth-order valence-corrected chi connectivity index (χ4v) is 2.89. The Hall–Kier alpha value is -0.860. The van der Waals surface area contributed by atoms with Gasteiger partial charge in [-0.15, -0.1) is 24.0 Å². The van der Waals surface area contributed by atoms with Crippen LogP contribution < -0.4 is 10.6 Å².